The molecule has 0 atom stereocenters. The quantitative estimate of drug-likeness (QED) is 0.467. The van der Waals surface area contributed by atoms with Gasteiger partial charge in [-0.3, -0.25) is 0 Å². The molecule has 1 heterocycles. The van der Waals surface area contributed by atoms with Crippen LogP contribution in [0.2, 0.25) is 0 Å². The van der Waals surface area contributed by atoms with E-state index in [1.54, 1.807) is 0 Å². The second-order valence-electron chi connectivity index (χ2n) is 2.48. The molecule has 0 aliphatic rings. The van der Waals surface area contributed by atoms with E-state index in [0.717, 1.165) is 0 Å². The molecule has 0 saturated carbocycles. The third-order valence-corrected chi connectivity index (χ3v) is 1.53. The summed E-state index contributed by atoms with van der Waals surface area (Å²) >= 11 is 0. The highest BCUT2D eigenvalue weighted by atomic mass is 19.2. The summed E-state index contributed by atoms with van der Waals surface area (Å²) in [7, 11) is 0. The summed E-state index contributed by atoms with van der Waals surface area (Å²) in [5.74, 6) is -1.64. The van der Waals surface area contributed by atoms with Crippen molar-refractivity contribution in [3.63, 3.8) is 0 Å². The zero-order chi connectivity index (χ0) is 11.4. The second kappa shape index (κ2) is 4.64. The lowest BCUT2D eigenvalue weighted by molar-refractivity contribution is 0.411. The topological polar surface area (TPSA) is 24.9 Å². The van der Waals surface area contributed by atoms with E-state index in [4.69, 9.17) is 0 Å². The molecule has 1 rings (SSSR count). The van der Waals surface area contributed by atoms with Gasteiger partial charge in [-0.25, -0.2) is 0 Å². The Hall–Kier alpha value is -1.77. The van der Waals surface area contributed by atoms with Crippen molar-refractivity contribution in [2.75, 3.05) is 11.9 Å². The Kier molecular flexibility index (Phi) is 3.50. The average molecular weight is 218 g/mol. The van der Waals surface area contributed by atoms with E-state index in [1.807, 2.05) is 0 Å². The van der Waals surface area contributed by atoms with Crippen LogP contribution in [0, 0.1) is 35.4 Å². The maximum absolute atomic E-state index is 12.9. The third kappa shape index (κ3) is 2.37. The van der Waals surface area contributed by atoms with Crippen LogP contribution in [0.25, 0.3) is 0 Å². The Morgan fingerprint density at radius 3 is 2.13 bits per heavy atom. The van der Waals surface area contributed by atoms with Gasteiger partial charge >= 0.3 is 0 Å². The van der Waals surface area contributed by atoms with Crippen LogP contribution in [-0.2, 0) is 0 Å². The molecule has 1 aromatic rings. The van der Waals surface area contributed by atoms with Gasteiger partial charge in [0.2, 0.25) is 11.6 Å². The first-order valence-corrected chi connectivity index (χ1v) is 3.91. The third-order valence-electron chi connectivity index (χ3n) is 1.53. The minimum absolute atomic E-state index is 0.118. The van der Waals surface area contributed by atoms with Crippen LogP contribution in [0.3, 0.4) is 0 Å². The number of rotatable bonds is 2. The summed E-state index contributed by atoms with van der Waals surface area (Å²) in [5.41, 5.74) is -0.900. The highest BCUT2D eigenvalue weighted by Crippen LogP contribution is 2.21. The zero-order valence-corrected chi connectivity index (χ0v) is 7.67. The lowest BCUT2D eigenvalue weighted by Crippen LogP contribution is -2.09. The molecule has 2 nitrogen and oxygen atoms in total. The fourth-order valence-corrected chi connectivity index (χ4v) is 0.863. The van der Waals surface area contributed by atoms with E-state index in [9.17, 15) is 17.6 Å². The lowest BCUT2D eigenvalue weighted by atomic mass is 10.3. The number of aromatic nitrogens is 1. The molecular weight excluding hydrogens is 212 g/mol. The van der Waals surface area contributed by atoms with Crippen molar-refractivity contribution < 1.29 is 17.6 Å². The molecule has 0 aliphatic heterocycles. The fraction of sp³-hybridized carbons (Fsp3) is 0.222. The summed E-state index contributed by atoms with van der Waals surface area (Å²) in [4.78, 5) is 2.40. The van der Waals surface area contributed by atoms with Crippen molar-refractivity contribution in [1.82, 2.24) is 4.98 Å². The van der Waals surface area contributed by atoms with Gasteiger partial charge in [-0.05, 0) is 6.92 Å². The van der Waals surface area contributed by atoms with Crippen molar-refractivity contribution in [2.45, 2.75) is 6.92 Å². The largest absolute Gasteiger partial charge is 0.369 e. The van der Waals surface area contributed by atoms with E-state index in [1.165, 1.54) is 6.92 Å². The lowest BCUT2D eigenvalue weighted by Gasteiger charge is -2.06. The predicted molar refractivity (Wildman–Crippen MR) is 46.0 cm³/mol. The van der Waals surface area contributed by atoms with Crippen LogP contribution in [0.5, 0.6) is 0 Å². The Morgan fingerprint density at radius 2 is 1.67 bits per heavy atom. The maximum atomic E-state index is 12.9. The maximum Gasteiger partial charge on any atom is 0.253 e. The SMILES string of the molecule is CC#CCNc1c(F)c(F)nc(F)c1F. The Labute approximate surface area is 83.3 Å². The second-order valence-corrected chi connectivity index (χ2v) is 2.48. The fourth-order valence-electron chi connectivity index (χ4n) is 0.863. The van der Waals surface area contributed by atoms with Crippen LogP contribution < -0.4 is 5.32 Å². The first kappa shape index (κ1) is 11.3. The van der Waals surface area contributed by atoms with Gasteiger partial charge < -0.3 is 5.32 Å². The molecule has 0 amide bonds. The molecule has 6 heteroatoms. The zero-order valence-electron chi connectivity index (χ0n) is 7.67. The summed E-state index contributed by atoms with van der Waals surface area (Å²) in [5, 5.41) is 2.12. The standard InChI is InChI=1S/C9H6F4N2/c1-2-3-4-14-7-5(10)8(12)15-9(13)6(7)11/h4H2,1H3,(H,14,15). The molecular formula is C9H6F4N2. The highest BCUT2D eigenvalue weighted by molar-refractivity contribution is 5.46. The van der Waals surface area contributed by atoms with Crippen molar-refractivity contribution in [2.24, 2.45) is 0 Å². The summed E-state index contributed by atoms with van der Waals surface area (Å²) < 4.78 is 51.0. The van der Waals surface area contributed by atoms with Crippen molar-refractivity contribution in [3.05, 3.63) is 23.5 Å². The van der Waals surface area contributed by atoms with Gasteiger partial charge in [-0.1, -0.05) is 5.92 Å². The molecule has 0 unspecified atom stereocenters. The molecule has 15 heavy (non-hydrogen) atoms. The smallest absolute Gasteiger partial charge is 0.253 e. The van der Waals surface area contributed by atoms with Gasteiger partial charge in [-0.2, -0.15) is 22.5 Å². The first-order chi connectivity index (χ1) is 7.07. The molecule has 0 saturated heterocycles. The van der Waals surface area contributed by atoms with Gasteiger partial charge in [0.05, 0.1) is 6.54 Å². The molecule has 0 fully saturated rings. The summed E-state index contributed by atoms with van der Waals surface area (Å²) in [6.07, 6.45) is 0. The molecule has 80 valence electrons. The molecule has 0 radical (unpaired) electrons. The van der Waals surface area contributed by atoms with Gasteiger partial charge in [0, 0.05) is 0 Å². The number of halogens is 4. The van der Waals surface area contributed by atoms with Gasteiger partial charge in [0.25, 0.3) is 11.9 Å². The summed E-state index contributed by atoms with van der Waals surface area (Å²) in [6.45, 7) is 1.40. The van der Waals surface area contributed by atoms with E-state index < -0.39 is 29.2 Å². The molecule has 0 aromatic carbocycles. The molecule has 0 spiro atoms. The Morgan fingerprint density at radius 1 is 1.13 bits per heavy atom. The number of nitrogens with one attached hydrogen (secondary N) is 1. The van der Waals surface area contributed by atoms with E-state index in [0.29, 0.717) is 0 Å². The molecule has 1 aromatic heterocycles. The minimum Gasteiger partial charge on any atom is -0.369 e. The van der Waals surface area contributed by atoms with Crippen LogP contribution in [0.1, 0.15) is 6.92 Å². The average Bonchev–Trinajstić information content (AvgIpc) is 2.20. The Bertz CT molecular complexity index is 408. The van der Waals surface area contributed by atoms with E-state index in [-0.39, 0.29) is 6.54 Å². The normalized spacial score (nSPS) is 9.40. The highest BCUT2D eigenvalue weighted by Gasteiger charge is 2.19. The van der Waals surface area contributed by atoms with Crippen LogP contribution in [-0.4, -0.2) is 11.5 Å². The number of pyridine rings is 1. The van der Waals surface area contributed by atoms with Gasteiger partial charge in [0.1, 0.15) is 5.69 Å². The number of hydrogen-bond donors (Lipinski definition) is 1. The van der Waals surface area contributed by atoms with Crippen LogP contribution in [0.15, 0.2) is 0 Å². The predicted octanol–water partition coefficient (Wildman–Crippen LogP) is 2.07. The van der Waals surface area contributed by atoms with E-state index in [2.05, 4.69) is 22.1 Å². The molecule has 0 aliphatic carbocycles. The molecule has 0 bridgehead atoms. The van der Waals surface area contributed by atoms with Crippen LogP contribution in [0.4, 0.5) is 23.2 Å². The van der Waals surface area contributed by atoms with Crippen LogP contribution >= 0.6 is 0 Å². The van der Waals surface area contributed by atoms with E-state index >= 15 is 0 Å². The monoisotopic (exact) mass is 218 g/mol. The summed E-state index contributed by atoms with van der Waals surface area (Å²) in [6, 6.07) is 0. The molecule has 1 N–H and O–H groups in total. The minimum atomic E-state index is -1.69. The number of anilines is 1. The van der Waals surface area contributed by atoms with Gasteiger partial charge in [0.15, 0.2) is 0 Å². The number of hydrogen-bond acceptors (Lipinski definition) is 2. The number of nitrogens with zero attached hydrogens (tertiary/aromatic N) is 1. The van der Waals surface area contributed by atoms with Crippen molar-refractivity contribution >= 4 is 5.69 Å². The van der Waals surface area contributed by atoms with Gasteiger partial charge in [-0.15, -0.1) is 5.92 Å². The van der Waals surface area contributed by atoms with Crippen molar-refractivity contribution in [3.8, 4) is 11.8 Å². The Balaban J connectivity index is 3.07. The first-order valence-electron chi connectivity index (χ1n) is 3.91. The van der Waals surface area contributed by atoms with Crippen molar-refractivity contribution in [1.29, 1.82) is 0 Å².